The molecule has 16 aromatic rings. The summed E-state index contributed by atoms with van der Waals surface area (Å²) in [6, 6.07) is 80.2. The molecule has 0 N–H and O–H groups in total. The Labute approximate surface area is 414 Å². The summed E-state index contributed by atoms with van der Waals surface area (Å²) in [5.41, 5.74) is 10.6. The Balaban J connectivity index is 1.02. The number of fused-ring (bicyclic) bond motifs is 15. The normalized spacial score (nSPS) is 12.2. The van der Waals surface area contributed by atoms with Crippen LogP contribution in [0.3, 0.4) is 0 Å². The van der Waals surface area contributed by atoms with E-state index in [2.05, 4.69) is 228 Å². The monoisotopic (exact) mass is 935 g/mol. The average Bonchev–Trinajstić information content (AvgIpc) is 4.19. The fourth-order valence-electron chi connectivity index (χ4n) is 11.5. The number of thiophene rings is 1. The quantitative estimate of drug-likeness (QED) is 0.172. The van der Waals surface area contributed by atoms with Gasteiger partial charge in [-0.15, -0.1) is 11.3 Å². The first-order valence-electron chi connectivity index (χ1n) is 24.2. The van der Waals surface area contributed by atoms with Crippen LogP contribution < -0.4 is 0 Å². The van der Waals surface area contributed by atoms with Crippen molar-refractivity contribution in [1.82, 2.24) is 24.1 Å². The molecule has 11 aromatic carbocycles. The molecule has 0 spiro atoms. The number of aromatic nitrogens is 5. The van der Waals surface area contributed by atoms with Crippen LogP contribution in [0.1, 0.15) is 0 Å². The van der Waals surface area contributed by atoms with Gasteiger partial charge in [0.05, 0.1) is 22.1 Å². The van der Waals surface area contributed by atoms with Gasteiger partial charge in [-0.05, 0) is 95.0 Å². The second-order valence-electron chi connectivity index (χ2n) is 18.7. The third kappa shape index (κ3) is 5.74. The molecule has 72 heavy (non-hydrogen) atoms. The maximum Gasteiger partial charge on any atom is 0.166 e. The van der Waals surface area contributed by atoms with Gasteiger partial charge in [0.15, 0.2) is 23.1 Å². The molecule has 0 unspecified atom stereocenters. The molecule has 0 saturated carbocycles. The third-order valence-electron chi connectivity index (χ3n) is 14.7. The van der Waals surface area contributed by atoms with Crippen LogP contribution in [0.2, 0.25) is 0 Å². The lowest BCUT2D eigenvalue weighted by atomic mass is 10.0. The summed E-state index contributed by atoms with van der Waals surface area (Å²) < 4.78 is 14.3. The first-order chi connectivity index (χ1) is 35.7. The van der Waals surface area contributed by atoms with Crippen LogP contribution in [0.4, 0.5) is 0 Å². The summed E-state index contributed by atoms with van der Waals surface area (Å²) in [6.07, 6.45) is 0. The van der Waals surface area contributed by atoms with Crippen molar-refractivity contribution < 1.29 is 4.42 Å². The SMILES string of the molecule is c1ccc(-n2c3ccccc3c3cc(-c4nc(-c5ccc6c(c5)sc5ccccc56)nc(-c5ccc6c(oc7ccccc76)c5-n5c6cc7ccccc7cc6c6ccc7ccccc7c65)n4)ccc32)cc1. The molecule has 0 atom stereocenters. The largest absolute Gasteiger partial charge is 0.454 e. The Bertz CT molecular complexity index is 4940. The van der Waals surface area contributed by atoms with Crippen LogP contribution in [-0.2, 0) is 0 Å². The van der Waals surface area contributed by atoms with Gasteiger partial charge in [-0.1, -0.05) is 146 Å². The summed E-state index contributed by atoms with van der Waals surface area (Å²) in [6.45, 7) is 0. The fourth-order valence-corrected chi connectivity index (χ4v) is 12.6. The summed E-state index contributed by atoms with van der Waals surface area (Å²) in [5.74, 6) is 1.72. The van der Waals surface area contributed by atoms with E-state index >= 15 is 0 Å². The number of rotatable bonds is 5. The molecule has 0 saturated heterocycles. The van der Waals surface area contributed by atoms with Crippen molar-refractivity contribution >= 4 is 119 Å². The lowest BCUT2D eigenvalue weighted by Gasteiger charge is -2.16. The molecule has 7 heteroatoms. The number of hydrogen-bond acceptors (Lipinski definition) is 5. The smallest absolute Gasteiger partial charge is 0.166 e. The van der Waals surface area contributed by atoms with Crippen molar-refractivity contribution in [2.75, 3.05) is 0 Å². The highest BCUT2D eigenvalue weighted by Crippen LogP contribution is 2.46. The van der Waals surface area contributed by atoms with Crippen LogP contribution in [0, 0.1) is 0 Å². The molecule has 0 bridgehead atoms. The van der Waals surface area contributed by atoms with Gasteiger partial charge in [-0.3, -0.25) is 0 Å². The molecule has 5 aromatic heterocycles. The van der Waals surface area contributed by atoms with Gasteiger partial charge in [0.25, 0.3) is 0 Å². The standard InChI is InChI=1S/C65H37N5OS/c1-2-17-43(18-3-1)69-54-23-11-8-20-45(54)52-35-41(28-33-55(52)69)63-66-64(42-27-29-48-47-22-10-13-25-58(47)72-59(48)37-42)68-65(67-63)51-32-31-50-46-21-9-12-24-57(46)71-62(50)61(51)70-56-36-40-16-5-4-15-39(40)34-53(56)49-30-26-38-14-6-7-19-44(38)60(49)70/h1-37H. The van der Waals surface area contributed by atoms with Crippen LogP contribution >= 0.6 is 11.3 Å². The van der Waals surface area contributed by atoms with Gasteiger partial charge in [0.1, 0.15) is 11.3 Å². The van der Waals surface area contributed by atoms with E-state index in [1.54, 1.807) is 11.3 Å². The highest BCUT2D eigenvalue weighted by molar-refractivity contribution is 7.25. The van der Waals surface area contributed by atoms with Crippen molar-refractivity contribution in [1.29, 1.82) is 0 Å². The summed E-state index contributed by atoms with van der Waals surface area (Å²) in [4.78, 5) is 16.5. The minimum atomic E-state index is 0.548. The zero-order valence-corrected chi connectivity index (χ0v) is 39.2. The molecular formula is C65H37N5OS. The van der Waals surface area contributed by atoms with E-state index in [0.717, 1.165) is 110 Å². The number of para-hydroxylation sites is 3. The summed E-state index contributed by atoms with van der Waals surface area (Å²) in [7, 11) is 0. The van der Waals surface area contributed by atoms with Crippen LogP contribution in [0.25, 0.3) is 153 Å². The molecule has 16 rings (SSSR count). The van der Waals surface area contributed by atoms with Gasteiger partial charge < -0.3 is 13.6 Å². The molecule has 5 heterocycles. The Morgan fingerprint density at radius 3 is 1.82 bits per heavy atom. The maximum atomic E-state index is 7.11. The summed E-state index contributed by atoms with van der Waals surface area (Å²) >= 11 is 1.79. The number of benzene rings is 11. The highest BCUT2D eigenvalue weighted by atomic mass is 32.1. The number of nitrogens with zero attached hydrogens (tertiary/aromatic N) is 5. The molecule has 6 nitrogen and oxygen atoms in total. The van der Waals surface area contributed by atoms with E-state index in [4.69, 9.17) is 19.4 Å². The maximum absolute atomic E-state index is 7.11. The van der Waals surface area contributed by atoms with E-state index in [-0.39, 0.29) is 0 Å². The molecular weight excluding hydrogens is 899 g/mol. The Morgan fingerprint density at radius 1 is 0.347 bits per heavy atom. The van der Waals surface area contributed by atoms with Gasteiger partial charge in [-0.2, -0.15) is 0 Å². The zero-order chi connectivity index (χ0) is 47.0. The van der Waals surface area contributed by atoms with Gasteiger partial charge in [-0.25, -0.2) is 15.0 Å². The Kier molecular flexibility index (Phi) is 8.23. The first kappa shape index (κ1) is 39.4. The minimum absolute atomic E-state index is 0.548. The molecule has 0 aliphatic rings. The second kappa shape index (κ2) is 15.0. The molecule has 334 valence electrons. The predicted octanol–water partition coefficient (Wildman–Crippen LogP) is 17.6. The van der Waals surface area contributed by atoms with E-state index in [1.165, 1.54) is 25.6 Å². The molecule has 0 amide bonds. The second-order valence-corrected chi connectivity index (χ2v) is 19.8. The van der Waals surface area contributed by atoms with E-state index in [0.29, 0.717) is 17.5 Å². The van der Waals surface area contributed by atoms with Gasteiger partial charge >= 0.3 is 0 Å². The van der Waals surface area contributed by atoms with Crippen molar-refractivity contribution in [2.24, 2.45) is 0 Å². The topological polar surface area (TPSA) is 61.7 Å². The number of furan rings is 1. The zero-order valence-electron chi connectivity index (χ0n) is 38.4. The number of hydrogen-bond donors (Lipinski definition) is 0. The molecule has 0 aliphatic carbocycles. The molecule has 0 radical (unpaired) electrons. The fraction of sp³-hybridized carbons (Fsp3) is 0. The Hall–Kier alpha value is -9.43. The van der Waals surface area contributed by atoms with Crippen molar-refractivity contribution in [3.8, 4) is 45.5 Å². The van der Waals surface area contributed by atoms with E-state index in [9.17, 15) is 0 Å². The van der Waals surface area contributed by atoms with E-state index < -0.39 is 0 Å². The molecule has 0 fully saturated rings. The lowest BCUT2D eigenvalue weighted by molar-refractivity contribution is 0.666. The minimum Gasteiger partial charge on any atom is -0.454 e. The summed E-state index contributed by atoms with van der Waals surface area (Å²) in [5, 5.41) is 13.8. The lowest BCUT2D eigenvalue weighted by Crippen LogP contribution is -2.04. The Morgan fingerprint density at radius 2 is 0.958 bits per heavy atom. The third-order valence-corrected chi connectivity index (χ3v) is 15.9. The van der Waals surface area contributed by atoms with Crippen LogP contribution in [-0.4, -0.2) is 24.1 Å². The van der Waals surface area contributed by atoms with Crippen molar-refractivity contribution in [3.63, 3.8) is 0 Å². The van der Waals surface area contributed by atoms with Crippen LogP contribution in [0.15, 0.2) is 229 Å². The van der Waals surface area contributed by atoms with Crippen molar-refractivity contribution in [2.45, 2.75) is 0 Å². The van der Waals surface area contributed by atoms with Crippen LogP contribution in [0.5, 0.6) is 0 Å². The van der Waals surface area contributed by atoms with Gasteiger partial charge in [0.2, 0.25) is 0 Å². The predicted molar refractivity (Wildman–Crippen MR) is 300 cm³/mol. The van der Waals surface area contributed by atoms with Crippen molar-refractivity contribution in [3.05, 3.63) is 224 Å². The first-order valence-corrected chi connectivity index (χ1v) is 25.1. The average molecular weight is 936 g/mol. The highest BCUT2D eigenvalue weighted by Gasteiger charge is 2.26. The van der Waals surface area contributed by atoms with Gasteiger partial charge in [0, 0.05) is 80.3 Å². The van der Waals surface area contributed by atoms with E-state index in [1.807, 2.05) is 6.07 Å². The molecule has 0 aliphatic heterocycles.